The van der Waals surface area contributed by atoms with Gasteiger partial charge in [-0.2, -0.15) is 18.3 Å². The molecule has 0 radical (unpaired) electrons. The fraction of sp³-hybridized carbons (Fsp3) is 0.208. The third-order valence-electron chi connectivity index (χ3n) is 4.79. The second-order valence-corrected chi connectivity index (χ2v) is 9.24. The Morgan fingerprint density at radius 3 is 2.57 bits per heavy atom. The average molecular weight is 523 g/mol. The minimum absolute atomic E-state index is 0.107. The third-order valence-corrected chi connectivity index (χ3v) is 6.14. The number of nitrogens with one attached hydrogen (secondary N) is 2. The Hall–Kier alpha value is -3.21. The zero-order chi connectivity index (χ0) is 25.8. The predicted octanol–water partition coefficient (Wildman–Crippen LogP) is 5.81. The van der Waals surface area contributed by atoms with E-state index in [-0.39, 0.29) is 17.0 Å². The molecule has 0 aliphatic rings. The summed E-state index contributed by atoms with van der Waals surface area (Å²) < 4.78 is 39.1. The van der Waals surface area contributed by atoms with Crippen LogP contribution in [0.2, 0.25) is 5.02 Å². The second-order valence-electron chi connectivity index (χ2n) is 7.95. The highest BCUT2D eigenvalue weighted by molar-refractivity contribution is 7.15. The summed E-state index contributed by atoms with van der Waals surface area (Å²) >= 11 is 6.80. The van der Waals surface area contributed by atoms with Crippen LogP contribution in [0, 0.1) is 6.92 Å². The molecule has 0 aliphatic carbocycles. The minimum Gasteiger partial charge on any atom is -0.313 e. The van der Waals surface area contributed by atoms with Crippen LogP contribution in [0.15, 0.2) is 52.9 Å². The van der Waals surface area contributed by atoms with Crippen LogP contribution in [-0.4, -0.2) is 37.0 Å². The molecule has 3 aromatic rings. The van der Waals surface area contributed by atoms with Crippen molar-refractivity contribution in [3.8, 4) is 0 Å². The van der Waals surface area contributed by atoms with Crippen molar-refractivity contribution >= 4 is 46.0 Å². The summed E-state index contributed by atoms with van der Waals surface area (Å²) in [6.45, 7) is 2.38. The van der Waals surface area contributed by atoms with E-state index in [0.717, 1.165) is 23.9 Å². The molecule has 184 valence electrons. The molecule has 2 amide bonds. The molecule has 0 aliphatic heterocycles. The van der Waals surface area contributed by atoms with Crippen molar-refractivity contribution in [3.05, 3.63) is 86.2 Å². The molecule has 3 rings (SSSR count). The molecule has 0 atom stereocenters. The molecule has 0 unspecified atom stereocenters. The molecule has 1 aromatic heterocycles. The van der Waals surface area contributed by atoms with E-state index in [2.05, 4.69) is 15.8 Å². The quantitative estimate of drug-likeness (QED) is 0.304. The van der Waals surface area contributed by atoms with E-state index in [0.29, 0.717) is 22.7 Å². The summed E-state index contributed by atoms with van der Waals surface area (Å²) in [5.74, 6) is -0.979. The first-order chi connectivity index (χ1) is 16.5. The molecule has 11 heteroatoms. The third kappa shape index (κ3) is 6.91. The van der Waals surface area contributed by atoms with Gasteiger partial charge in [-0.3, -0.25) is 9.59 Å². The van der Waals surface area contributed by atoms with Crippen molar-refractivity contribution in [2.45, 2.75) is 19.6 Å². The largest absolute Gasteiger partial charge is 0.417 e. The van der Waals surface area contributed by atoms with Crippen molar-refractivity contribution < 1.29 is 22.8 Å². The predicted molar refractivity (Wildman–Crippen MR) is 132 cm³/mol. The van der Waals surface area contributed by atoms with E-state index in [4.69, 9.17) is 11.6 Å². The van der Waals surface area contributed by atoms with Gasteiger partial charge in [0.2, 0.25) is 0 Å². The van der Waals surface area contributed by atoms with E-state index >= 15 is 0 Å². The first-order valence-corrected chi connectivity index (χ1v) is 11.5. The van der Waals surface area contributed by atoms with Gasteiger partial charge in [-0.1, -0.05) is 29.8 Å². The summed E-state index contributed by atoms with van der Waals surface area (Å²) in [6.07, 6.45) is -3.53. The number of hydrazone groups is 1. The number of halogens is 4. The molecule has 2 aromatic carbocycles. The highest BCUT2D eigenvalue weighted by Crippen LogP contribution is 2.35. The average Bonchev–Trinajstić information content (AvgIpc) is 3.13. The van der Waals surface area contributed by atoms with Gasteiger partial charge in [0, 0.05) is 12.1 Å². The second kappa shape index (κ2) is 11.0. The highest BCUT2D eigenvalue weighted by Gasteiger charge is 2.33. The lowest BCUT2D eigenvalue weighted by molar-refractivity contribution is -0.137. The number of carbonyl (C=O) groups excluding carboxylic acids is 2. The van der Waals surface area contributed by atoms with Gasteiger partial charge in [0.25, 0.3) is 11.8 Å². The summed E-state index contributed by atoms with van der Waals surface area (Å²) in [4.78, 5) is 27.5. The van der Waals surface area contributed by atoms with Crippen LogP contribution in [-0.2, 0) is 12.7 Å². The Kier molecular flexibility index (Phi) is 8.31. The molecule has 0 fully saturated rings. The van der Waals surface area contributed by atoms with Gasteiger partial charge in [-0.15, -0.1) is 11.3 Å². The topological polar surface area (TPSA) is 73.8 Å². The van der Waals surface area contributed by atoms with Crippen LogP contribution in [0.4, 0.5) is 18.2 Å². The molecular formula is C24H22ClF3N4O2S. The number of anilines is 1. The van der Waals surface area contributed by atoms with Crippen molar-refractivity contribution in [3.63, 3.8) is 0 Å². The molecular weight excluding hydrogens is 501 g/mol. The molecule has 2 N–H and O–H groups in total. The smallest absolute Gasteiger partial charge is 0.313 e. The lowest BCUT2D eigenvalue weighted by Gasteiger charge is -2.11. The number of aryl methyl sites for hydroxylation is 1. The monoisotopic (exact) mass is 522 g/mol. The number of alkyl halides is 3. The van der Waals surface area contributed by atoms with Crippen LogP contribution in [0.5, 0.6) is 0 Å². The van der Waals surface area contributed by atoms with Crippen molar-refractivity contribution in [1.82, 2.24) is 10.3 Å². The maximum atomic E-state index is 13.0. The van der Waals surface area contributed by atoms with Gasteiger partial charge < -0.3 is 10.2 Å². The maximum Gasteiger partial charge on any atom is 0.417 e. The number of hydrogen-bond acceptors (Lipinski definition) is 5. The van der Waals surface area contributed by atoms with Crippen LogP contribution in [0.1, 0.15) is 43.0 Å². The first kappa shape index (κ1) is 26.4. The van der Waals surface area contributed by atoms with Crippen LogP contribution in [0.25, 0.3) is 0 Å². The lowest BCUT2D eigenvalue weighted by Crippen LogP contribution is -2.21. The van der Waals surface area contributed by atoms with Crippen molar-refractivity contribution in [2.75, 3.05) is 19.4 Å². The highest BCUT2D eigenvalue weighted by atomic mass is 35.5. The molecule has 35 heavy (non-hydrogen) atoms. The Balaban J connectivity index is 1.73. The van der Waals surface area contributed by atoms with Gasteiger partial charge in [-0.05, 0) is 67.4 Å². The van der Waals surface area contributed by atoms with E-state index in [9.17, 15) is 22.8 Å². The number of benzene rings is 2. The number of hydrogen-bond donors (Lipinski definition) is 2. The van der Waals surface area contributed by atoms with Crippen molar-refractivity contribution in [1.29, 1.82) is 0 Å². The van der Waals surface area contributed by atoms with Crippen LogP contribution in [0.3, 0.4) is 0 Å². The Morgan fingerprint density at radius 2 is 1.89 bits per heavy atom. The van der Waals surface area contributed by atoms with Crippen molar-refractivity contribution in [2.24, 2.45) is 5.10 Å². The van der Waals surface area contributed by atoms with Gasteiger partial charge in [0.1, 0.15) is 5.00 Å². The van der Waals surface area contributed by atoms with E-state index < -0.39 is 22.7 Å². The Bertz CT molecular complexity index is 1270. The number of carbonyl (C=O) groups is 2. The van der Waals surface area contributed by atoms with Gasteiger partial charge in [0.05, 0.1) is 22.4 Å². The SMILES string of the molecule is Cc1csc(NC(=O)c2cccc(CN(C)C)c2)c1C(=O)NN=Cc1ccc(Cl)c(C(F)(F)F)c1. The van der Waals surface area contributed by atoms with Gasteiger partial charge >= 0.3 is 6.18 Å². The molecule has 0 spiro atoms. The summed E-state index contributed by atoms with van der Waals surface area (Å²) in [7, 11) is 3.85. The van der Waals surface area contributed by atoms with E-state index in [1.54, 1.807) is 30.5 Å². The molecule has 6 nitrogen and oxygen atoms in total. The summed E-state index contributed by atoms with van der Waals surface area (Å²) in [5, 5.41) is 8.14. The Labute approximate surface area is 209 Å². The normalized spacial score (nSPS) is 11.8. The number of rotatable bonds is 7. The van der Waals surface area contributed by atoms with Gasteiger partial charge in [0.15, 0.2) is 0 Å². The number of nitrogens with zero attached hydrogens (tertiary/aromatic N) is 2. The molecule has 0 saturated heterocycles. The number of thiophene rings is 1. The summed E-state index contributed by atoms with van der Waals surface area (Å²) in [6, 6.07) is 10.5. The molecule has 0 saturated carbocycles. The van der Waals surface area contributed by atoms with Gasteiger partial charge in [-0.25, -0.2) is 5.43 Å². The van der Waals surface area contributed by atoms with E-state index in [1.807, 2.05) is 25.1 Å². The zero-order valence-corrected chi connectivity index (χ0v) is 20.6. The standard InChI is InChI=1S/C24H22ClF3N4O2S/c1-14-13-35-23(30-21(33)17-6-4-5-16(9-17)12-32(2)3)20(14)22(34)31-29-11-15-7-8-19(25)18(10-15)24(26,27)28/h4-11,13H,12H2,1-3H3,(H,30,33)(H,31,34). The fourth-order valence-corrected chi connectivity index (χ4v) is 4.39. The maximum absolute atomic E-state index is 13.0. The molecule has 0 bridgehead atoms. The zero-order valence-electron chi connectivity index (χ0n) is 19.0. The Morgan fingerprint density at radius 1 is 1.14 bits per heavy atom. The molecule has 1 heterocycles. The number of amides is 2. The van der Waals surface area contributed by atoms with Crippen LogP contribution >= 0.6 is 22.9 Å². The van der Waals surface area contributed by atoms with Crippen LogP contribution < -0.4 is 10.7 Å². The first-order valence-electron chi connectivity index (χ1n) is 10.3. The van der Waals surface area contributed by atoms with E-state index in [1.165, 1.54) is 17.4 Å². The summed E-state index contributed by atoms with van der Waals surface area (Å²) in [5.41, 5.74) is 3.66. The fourth-order valence-electron chi connectivity index (χ4n) is 3.23. The minimum atomic E-state index is -4.61. The lowest BCUT2D eigenvalue weighted by atomic mass is 10.1.